The maximum absolute atomic E-state index is 13.4. The number of alkyl halides is 2. The van der Waals surface area contributed by atoms with Crippen LogP contribution in [0.5, 0.6) is 0 Å². The van der Waals surface area contributed by atoms with Gasteiger partial charge >= 0.3 is 5.97 Å². The monoisotopic (exact) mass is 573 g/mol. The van der Waals surface area contributed by atoms with Crippen LogP contribution < -0.4 is 4.90 Å². The molecule has 170 valence electrons. The minimum absolute atomic E-state index is 0.0806. The lowest BCUT2D eigenvalue weighted by atomic mass is 9.81. The van der Waals surface area contributed by atoms with E-state index in [9.17, 15) is 19.2 Å². The molecule has 0 radical (unpaired) electrons. The number of rotatable bonds is 5. The molecule has 1 aliphatic heterocycles. The first-order chi connectivity index (χ1) is 15.8. The highest BCUT2D eigenvalue weighted by Gasteiger charge is 2.66. The van der Waals surface area contributed by atoms with Crippen LogP contribution in [0.1, 0.15) is 32.7 Å². The van der Waals surface area contributed by atoms with Crippen LogP contribution in [-0.4, -0.2) is 39.8 Å². The fourth-order valence-corrected chi connectivity index (χ4v) is 7.33. The first-order valence-electron chi connectivity index (χ1n) is 10.8. The van der Waals surface area contributed by atoms with Gasteiger partial charge in [0.25, 0.3) is 0 Å². The predicted octanol–water partition coefficient (Wildman–Crippen LogP) is 4.32. The number of fused-ring (bicyclic) bond motifs is 5. The van der Waals surface area contributed by atoms with Gasteiger partial charge in [-0.05, 0) is 37.3 Å². The Kier molecular flexibility index (Phi) is 5.77. The van der Waals surface area contributed by atoms with E-state index in [0.717, 1.165) is 16.9 Å². The maximum Gasteiger partial charge on any atom is 0.340 e. The quantitative estimate of drug-likeness (QED) is 0.230. The lowest BCUT2D eigenvalue weighted by Gasteiger charge is -2.28. The molecule has 2 aliphatic carbocycles. The number of ketones is 1. The fourth-order valence-electron chi connectivity index (χ4n) is 5.46. The van der Waals surface area contributed by atoms with Crippen molar-refractivity contribution in [3.63, 3.8) is 0 Å². The number of Topliss-reactive ketones (excluding diaryl/α,β-unsaturated/α-hetero) is 1. The standard InChI is InChI=1S/C25H21Br2NO5/c1-12-6-8-13(9-7-12)18(29)11-33-25(32)14-4-2-3-5-17(14)28-23(30)19-15-10-16(20(19)24(28)31)22(27)21(15)26/h2-9,15-16,19-22H,10-11H2,1H3. The lowest BCUT2D eigenvalue weighted by molar-refractivity contribution is -0.123. The van der Waals surface area contributed by atoms with Gasteiger partial charge in [0.05, 0.1) is 23.1 Å². The zero-order valence-corrected chi connectivity index (χ0v) is 20.9. The number of nitrogens with zero attached hydrogens (tertiary/aromatic N) is 1. The third-order valence-corrected chi connectivity index (χ3v) is 10.3. The Morgan fingerprint density at radius 1 is 0.939 bits per heavy atom. The summed E-state index contributed by atoms with van der Waals surface area (Å²) in [6.45, 7) is 1.49. The van der Waals surface area contributed by atoms with Crippen LogP contribution >= 0.6 is 31.9 Å². The van der Waals surface area contributed by atoms with Gasteiger partial charge < -0.3 is 4.74 Å². The molecule has 3 fully saturated rings. The smallest absolute Gasteiger partial charge is 0.340 e. The Hall–Kier alpha value is -2.32. The van der Waals surface area contributed by atoms with Crippen molar-refractivity contribution >= 4 is 61.1 Å². The van der Waals surface area contributed by atoms with Gasteiger partial charge in [0.2, 0.25) is 11.8 Å². The molecule has 33 heavy (non-hydrogen) atoms. The van der Waals surface area contributed by atoms with Gasteiger partial charge in [-0.25, -0.2) is 9.69 Å². The molecule has 6 nitrogen and oxygen atoms in total. The Morgan fingerprint density at radius 3 is 2.12 bits per heavy atom. The molecule has 2 bridgehead atoms. The molecule has 0 spiro atoms. The van der Waals surface area contributed by atoms with Crippen LogP contribution in [0.25, 0.3) is 0 Å². The van der Waals surface area contributed by atoms with Crippen LogP contribution in [0, 0.1) is 30.6 Å². The number of aryl methyl sites for hydroxylation is 1. The molecule has 2 aromatic rings. The van der Waals surface area contributed by atoms with Crippen molar-refractivity contribution in [3.8, 4) is 0 Å². The normalized spacial score (nSPS) is 30.0. The summed E-state index contributed by atoms with van der Waals surface area (Å²) in [5.74, 6) is -2.21. The molecule has 2 saturated carbocycles. The number of ether oxygens (including phenoxy) is 1. The summed E-state index contributed by atoms with van der Waals surface area (Å²) in [5.41, 5.74) is 1.77. The Labute approximate surface area is 207 Å². The van der Waals surface area contributed by atoms with E-state index in [2.05, 4.69) is 31.9 Å². The topological polar surface area (TPSA) is 80.8 Å². The molecule has 2 aromatic carbocycles. The number of benzene rings is 2. The number of para-hydroxylation sites is 1. The highest BCUT2D eigenvalue weighted by Crippen LogP contribution is 2.60. The van der Waals surface area contributed by atoms with Gasteiger partial charge in [-0.3, -0.25) is 14.4 Å². The SMILES string of the molecule is Cc1ccc(C(=O)COC(=O)c2ccccc2N2C(=O)C3C4CC(C(Br)C4Br)C3C2=O)cc1. The predicted molar refractivity (Wildman–Crippen MR) is 129 cm³/mol. The number of imide groups is 1. The summed E-state index contributed by atoms with van der Waals surface area (Å²) in [5, 5.41) is 0. The van der Waals surface area contributed by atoms with E-state index in [1.807, 2.05) is 19.1 Å². The maximum atomic E-state index is 13.4. The number of amides is 2. The number of hydrogen-bond acceptors (Lipinski definition) is 5. The molecule has 5 rings (SSSR count). The van der Waals surface area contributed by atoms with Gasteiger partial charge in [-0.2, -0.15) is 0 Å². The minimum Gasteiger partial charge on any atom is -0.454 e. The van der Waals surface area contributed by atoms with Crippen molar-refractivity contribution in [2.45, 2.75) is 23.0 Å². The molecular weight excluding hydrogens is 554 g/mol. The van der Waals surface area contributed by atoms with E-state index in [1.54, 1.807) is 30.3 Å². The van der Waals surface area contributed by atoms with Crippen LogP contribution in [0.15, 0.2) is 48.5 Å². The third-order valence-electron chi connectivity index (χ3n) is 7.06. The molecule has 8 heteroatoms. The first kappa shape index (κ1) is 22.5. The fraction of sp³-hybridized carbons (Fsp3) is 0.360. The zero-order valence-electron chi connectivity index (χ0n) is 17.7. The number of carbonyl (C=O) groups is 4. The number of halogens is 2. The lowest BCUT2D eigenvalue weighted by Crippen LogP contribution is -2.37. The molecule has 1 heterocycles. The Balaban J connectivity index is 1.37. The molecule has 2 amide bonds. The van der Waals surface area contributed by atoms with E-state index in [1.165, 1.54) is 6.07 Å². The molecule has 6 atom stereocenters. The van der Waals surface area contributed by atoms with Crippen LogP contribution in [0.3, 0.4) is 0 Å². The number of anilines is 1. The van der Waals surface area contributed by atoms with Crippen molar-refractivity contribution in [1.82, 2.24) is 0 Å². The van der Waals surface area contributed by atoms with Crippen LogP contribution in [0.2, 0.25) is 0 Å². The molecular formula is C25H21Br2NO5. The average Bonchev–Trinajstić information content (AvgIpc) is 3.42. The van der Waals surface area contributed by atoms with Gasteiger partial charge in [0.1, 0.15) is 0 Å². The Morgan fingerprint density at radius 2 is 1.52 bits per heavy atom. The summed E-state index contributed by atoms with van der Waals surface area (Å²) < 4.78 is 5.28. The van der Waals surface area contributed by atoms with Crippen molar-refractivity contribution in [1.29, 1.82) is 0 Å². The van der Waals surface area contributed by atoms with E-state index in [-0.39, 0.29) is 62.2 Å². The van der Waals surface area contributed by atoms with Crippen molar-refractivity contribution in [2.75, 3.05) is 11.5 Å². The largest absolute Gasteiger partial charge is 0.454 e. The van der Waals surface area contributed by atoms with E-state index in [0.29, 0.717) is 5.56 Å². The summed E-state index contributed by atoms with van der Waals surface area (Å²) in [6, 6.07) is 13.4. The second kappa shape index (κ2) is 8.47. The summed E-state index contributed by atoms with van der Waals surface area (Å²) >= 11 is 7.36. The van der Waals surface area contributed by atoms with Crippen LogP contribution in [-0.2, 0) is 14.3 Å². The van der Waals surface area contributed by atoms with E-state index < -0.39 is 12.6 Å². The second-order valence-corrected chi connectivity index (χ2v) is 11.0. The molecule has 0 N–H and O–H groups in total. The summed E-state index contributed by atoms with van der Waals surface area (Å²) in [7, 11) is 0. The molecule has 6 unspecified atom stereocenters. The summed E-state index contributed by atoms with van der Waals surface area (Å²) in [4.78, 5) is 53.4. The third kappa shape index (κ3) is 3.58. The van der Waals surface area contributed by atoms with Crippen molar-refractivity contribution < 1.29 is 23.9 Å². The van der Waals surface area contributed by atoms with Crippen LogP contribution in [0.4, 0.5) is 5.69 Å². The highest BCUT2D eigenvalue weighted by molar-refractivity contribution is 9.12. The Bertz CT molecular complexity index is 1130. The number of hydrogen-bond donors (Lipinski definition) is 0. The average molecular weight is 575 g/mol. The van der Waals surface area contributed by atoms with Crippen molar-refractivity contribution in [3.05, 3.63) is 65.2 Å². The molecule has 3 aliphatic rings. The van der Waals surface area contributed by atoms with Crippen molar-refractivity contribution in [2.24, 2.45) is 23.7 Å². The molecule has 0 aromatic heterocycles. The minimum atomic E-state index is -0.747. The van der Waals surface area contributed by atoms with E-state index >= 15 is 0 Å². The highest BCUT2D eigenvalue weighted by atomic mass is 79.9. The van der Waals surface area contributed by atoms with E-state index in [4.69, 9.17) is 4.74 Å². The summed E-state index contributed by atoms with van der Waals surface area (Å²) in [6.07, 6.45) is 0.831. The second-order valence-electron chi connectivity index (χ2n) is 8.90. The van der Waals surface area contributed by atoms with Gasteiger partial charge in [-0.1, -0.05) is 73.8 Å². The van der Waals surface area contributed by atoms with Gasteiger partial charge in [-0.15, -0.1) is 0 Å². The zero-order chi connectivity index (χ0) is 23.4. The molecule has 1 saturated heterocycles. The van der Waals surface area contributed by atoms with Gasteiger partial charge in [0.15, 0.2) is 12.4 Å². The number of carbonyl (C=O) groups excluding carboxylic acids is 4. The first-order valence-corrected chi connectivity index (χ1v) is 12.6. The number of esters is 1. The van der Waals surface area contributed by atoms with Gasteiger partial charge in [0, 0.05) is 15.2 Å².